The highest BCUT2D eigenvalue weighted by Crippen LogP contribution is 2.36. The Morgan fingerprint density at radius 3 is 2.21 bits per heavy atom. The summed E-state index contributed by atoms with van der Waals surface area (Å²) in [5, 5.41) is -0.0859. The molecule has 2 aliphatic rings. The minimum atomic E-state index is -2.90. The van der Waals surface area contributed by atoms with Crippen molar-refractivity contribution in [3.8, 4) is 0 Å². The number of hydrogen-bond acceptors (Lipinski definition) is 3. The van der Waals surface area contributed by atoms with Crippen LogP contribution in [0.1, 0.15) is 44.9 Å². The van der Waals surface area contributed by atoms with Gasteiger partial charge < -0.3 is 5.73 Å². The molecule has 0 aliphatic heterocycles. The van der Waals surface area contributed by atoms with Crippen LogP contribution in [0.2, 0.25) is 0 Å². The van der Waals surface area contributed by atoms with Crippen LogP contribution in [0.15, 0.2) is 0 Å². The molecule has 0 bridgehead atoms. The van der Waals surface area contributed by atoms with Crippen molar-refractivity contribution in [3.05, 3.63) is 0 Å². The molecule has 2 saturated carbocycles. The van der Waals surface area contributed by atoms with E-state index < -0.39 is 9.84 Å². The van der Waals surface area contributed by atoms with Gasteiger partial charge in [0, 0.05) is 5.54 Å². The zero-order valence-electron chi connectivity index (χ0n) is 8.54. The Hall–Kier alpha value is -0.0900. The lowest BCUT2D eigenvalue weighted by molar-refractivity contribution is 0.480. The minimum Gasteiger partial charge on any atom is -0.324 e. The van der Waals surface area contributed by atoms with E-state index in [4.69, 9.17) is 5.73 Å². The van der Waals surface area contributed by atoms with Gasteiger partial charge in [0.25, 0.3) is 0 Å². The first-order valence-electron chi connectivity index (χ1n) is 5.52. The van der Waals surface area contributed by atoms with E-state index in [2.05, 4.69) is 0 Å². The quantitative estimate of drug-likeness (QED) is 0.773. The third kappa shape index (κ3) is 2.28. The van der Waals surface area contributed by atoms with Crippen molar-refractivity contribution in [2.75, 3.05) is 5.75 Å². The molecule has 0 aromatic carbocycles. The zero-order valence-corrected chi connectivity index (χ0v) is 9.35. The van der Waals surface area contributed by atoms with Crippen LogP contribution in [0.3, 0.4) is 0 Å². The molecular formula is C10H19NO2S. The van der Waals surface area contributed by atoms with Gasteiger partial charge in [-0.05, 0) is 25.7 Å². The van der Waals surface area contributed by atoms with Gasteiger partial charge in [0.05, 0.1) is 11.0 Å². The molecule has 82 valence electrons. The van der Waals surface area contributed by atoms with Crippen molar-refractivity contribution in [1.29, 1.82) is 0 Å². The normalized spacial score (nSPS) is 27.5. The van der Waals surface area contributed by atoms with Crippen molar-refractivity contribution in [2.45, 2.75) is 55.7 Å². The maximum atomic E-state index is 12.0. The Morgan fingerprint density at radius 1 is 1.14 bits per heavy atom. The third-order valence-corrected chi connectivity index (χ3v) is 5.91. The Balaban J connectivity index is 1.99. The summed E-state index contributed by atoms with van der Waals surface area (Å²) in [7, 11) is -2.90. The van der Waals surface area contributed by atoms with Crippen molar-refractivity contribution >= 4 is 9.84 Å². The first-order valence-corrected chi connectivity index (χ1v) is 7.24. The van der Waals surface area contributed by atoms with Crippen LogP contribution in [0.5, 0.6) is 0 Å². The summed E-state index contributed by atoms with van der Waals surface area (Å²) >= 11 is 0. The largest absolute Gasteiger partial charge is 0.324 e. The van der Waals surface area contributed by atoms with Gasteiger partial charge >= 0.3 is 0 Å². The van der Waals surface area contributed by atoms with Crippen molar-refractivity contribution < 1.29 is 8.42 Å². The summed E-state index contributed by atoms with van der Waals surface area (Å²) in [6, 6.07) is 0. The summed E-state index contributed by atoms with van der Waals surface area (Å²) < 4.78 is 23.9. The highest BCUT2D eigenvalue weighted by atomic mass is 32.2. The van der Waals surface area contributed by atoms with Crippen LogP contribution in [0.25, 0.3) is 0 Å². The van der Waals surface area contributed by atoms with Crippen molar-refractivity contribution in [3.63, 3.8) is 0 Å². The Bertz CT molecular complexity index is 300. The molecule has 0 atom stereocenters. The average Bonchev–Trinajstić information content (AvgIpc) is 2.84. The molecular weight excluding hydrogens is 198 g/mol. The van der Waals surface area contributed by atoms with Crippen LogP contribution in [0.4, 0.5) is 0 Å². The van der Waals surface area contributed by atoms with Gasteiger partial charge in [0.1, 0.15) is 0 Å². The monoisotopic (exact) mass is 217 g/mol. The van der Waals surface area contributed by atoms with E-state index in [0.717, 1.165) is 38.5 Å². The molecule has 14 heavy (non-hydrogen) atoms. The van der Waals surface area contributed by atoms with Crippen LogP contribution in [-0.2, 0) is 9.84 Å². The van der Waals surface area contributed by atoms with Gasteiger partial charge in [-0.3, -0.25) is 0 Å². The lowest BCUT2D eigenvalue weighted by atomic mass is 10.0. The Labute approximate surface area is 86.0 Å². The van der Waals surface area contributed by atoms with E-state index in [1.165, 1.54) is 6.42 Å². The second-order valence-corrected chi connectivity index (χ2v) is 7.21. The fourth-order valence-electron chi connectivity index (χ4n) is 2.25. The maximum Gasteiger partial charge on any atom is 0.154 e. The highest BCUT2D eigenvalue weighted by Gasteiger charge is 2.44. The van der Waals surface area contributed by atoms with E-state index in [1.807, 2.05) is 0 Å². The summed E-state index contributed by atoms with van der Waals surface area (Å²) in [5.74, 6) is 0.227. The standard InChI is InChI=1S/C10H19NO2S/c11-10(6-7-10)8-14(12,13)9-4-2-1-3-5-9/h9H,1-8,11H2. The molecule has 2 aliphatic carbocycles. The lowest BCUT2D eigenvalue weighted by Gasteiger charge is -2.23. The van der Waals surface area contributed by atoms with Gasteiger partial charge in [-0.2, -0.15) is 0 Å². The van der Waals surface area contributed by atoms with Gasteiger partial charge in [-0.1, -0.05) is 19.3 Å². The van der Waals surface area contributed by atoms with E-state index in [-0.39, 0.29) is 16.5 Å². The molecule has 0 radical (unpaired) electrons. The summed E-state index contributed by atoms with van der Waals surface area (Å²) in [6.45, 7) is 0. The number of sulfone groups is 1. The van der Waals surface area contributed by atoms with Gasteiger partial charge in [-0.25, -0.2) is 8.42 Å². The number of nitrogens with two attached hydrogens (primary N) is 1. The molecule has 0 unspecified atom stereocenters. The maximum absolute atomic E-state index is 12.0. The molecule has 0 heterocycles. The Morgan fingerprint density at radius 2 is 1.71 bits per heavy atom. The first kappa shape index (κ1) is 10.4. The predicted octanol–water partition coefficient (Wildman–Crippen LogP) is 1.23. The van der Waals surface area contributed by atoms with Crippen LogP contribution in [-0.4, -0.2) is 25.0 Å². The van der Waals surface area contributed by atoms with E-state index in [1.54, 1.807) is 0 Å². The summed E-state index contributed by atoms with van der Waals surface area (Å²) in [6.07, 6.45) is 6.83. The second kappa shape index (κ2) is 3.49. The van der Waals surface area contributed by atoms with E-state index in [9.17, 15) is 8.42 Å². The van der Waals surface area contributed by atoms with Gasteiger partial charge in [-0.15, -0.1) is 0 Å². The molecule has 0 amide bonds. The lowest BCUT2D eigenvalue weighted by Crippen LogP contribution is -2.37. The zero-order chi connectivity index (χ0) is 10.2. The molecule has 2 rings (SSSR count). The SMILES string of the molecule is NC1(CS(=O)(=O)C2CCCCC2)CC1. The van der Waals surface area contributed by atoms with E-state index in [0.29, 0.717) is 0 Å². The van der Waals surface area contributed by atoms with Crippen LogP contribution in [0, 0.1) is 0 Å². The summed E-state index contributed by atoms with van der Waals surface area (Å²) in [5.41, 5.74) is 5.51. The minimum absolute atomic E-state index is 0.0859. The molecule has 0 aromatic heterocycles. The average molecular weight is 217 g/mol. The van der Waals surface area contributed by atoms with Crippen molar-refractivity contribution in [2.24, 2.45) is 5.73 Å². The molecule has 2 fully saturated rings. The fourth-order valence-corrected chi connectivity index (χ4v) is 4.62. The molecule has 3 nitrogen and oxygen atoms in total. The van der Waals surface area contributed by atoms with E-state index >= 15 is 0 Å². The smallest absolute Gasteiger partial charge is 0.154 e. The highest BCUT2D eigenvalue weighted by molar-refractivity contribution is 7.92. The number of rotatable bonds is 3. The van der Waals surface area contributed by atoms with Gasteiger partial charge in [0.2, 0.25) is 0 Å². The van der Waals surface area contributed by atoms with Gasteiger partial charge in [0.15, 0.2) is 9.84 Å². The molecule has 0 saturated heterocycles. The fraction of sp³-hybridized carbons (Fsp3) is 1.00. The third-order valence-electron chi connectivity index (χ3n) is 3.44. The first-order chi connectivity index (χ1) is 6.52. The second-order valence-electron chi connectivity index (χ2n) is 4.93. The molecule has 4 heteroatoms. The molecule has 2 N–H and O–H groups in total. The summed E-state index contributed by atoms with van der Waals surface area (Å²) in [4.78, 5) is 0. The van der Waals surface area contributed by atoms with Crippen molar-refractivity contribution in [1.82, 2.24) is 0 Å². The molecule has 0 spiro atoms. The number of hydrogen-bond donors (Lipinski definition) is 1. The van der Waals surface area contributed by atoms with Crippen LogP contribution >= 0.6 is 0 Å². The topological polar surface area (TPSA) is 60.2 Å². The predicted molar refractivity (Wildman–Crippen MR) is 56.8 cm³/mol. The van der Waals surface area contributed by atoms with Crippen LogP contribution < -0.4 is 5.73 Å². The molecule has 0 aromatic rings. The Kier molecular flexibility index (Phi) is 2.60.